The number of para-hydroxylation sites is 1. The quantitative estimate of drug-likeness (QED) is 0.485. The molecular formula is C17H24N4OS. The zero-order chi connectivity index (χ0) is 16.7. The topological polar surface area (TPSA) is 58.5 Å². The van der Waals surface area contributed by atoms with Gasteiger partial charge in [-0.05, 0) is 31.9 Å². The van der Waals surface area contributed by atoms with Gasteiger partial charge in [0.25, 0.3) is 0 Å². The maximum absolute atomic E-state index is 5.87. The highest BCUT2D eigenvalue weighted by atomic mass is 32.1. The van der Waals surface area contributed by atoms with Crippen molar-refractivity contribution in [1.82, 2.24) is 15.6 Å². The summed E-state index contributed by atoms with van der Waals surface area (Å²) in [4.78, 5) is 9.75. The van der Waals surface area contributed by atoms with Crippen LogP contribution in [0.2, 0.25) is 0 Å². The van der Waals surface area contributed by atoms with Crippen LogP contribution in [-0.2, 0) is 6.54 Å². The largest absolute Gasteiger partial charge is 0.491 e. The standard InChI is InChI=1S/C17H24N4OS/c1-12-6-5-7-13(2)16(12)22-9-8-19-17(18-4)21-11-15-20-10-14(3)23-15/h5-7,10H,8-9,11H2,1-4H3,(H2,18,19,21). The summed E-state index contributed by atoms with van der Waals surface area (Å²) in [6, 6.07) is 6.17. The van der Waals surface area contributed by atoms with Crippen LogP contribution in [0.3, 0.4) is 0 Å². The molecule has 2 aromatic rings. The Kier molecular flexibility index (Phi) is 6.40. The number of rotatable bonds is 6. The summed E-state index contributed by atoms with van der Waals surface area (Å²) < 4.78 is 5.87. The Morgan fingerprint density at radius 1 is 1.22 bits per heavy atom. The second-order valence-corrected chi connectivity index (χ2v) is 6.61. The van der Waals surface area contributed by atoms with Gasteiger partial charge < -0.3 is 15.4 Å². The molecule has 0 amide bonds. The molecule has 0 saturated heterocycles. The van der Waals surface area contributed by atoms with Crippen molar-refractivity contribution < 1.29 is 4.74 Å². The van der Waals surface area contributed by atoms with E-state index in [-0.39, 0.29) is 0 Å². The molecule has 0 aliphatic carbocycles. The normalized spacial score (nSPS) is 11.4. The molecule has 0 spiro atoms. The zero-order valence-electron chi connectivity index (χ0n) is 14.1. The molecule has 1 heterocycles. The molecule has 0 aliphatic heterocycles. The first-order chi connectivity index (χ1) is 11.1. The Balaban J connectivity index is 1.73. The number of nitrogens with one attached hydrogen (secondary N) is 2. The second-order valence-electron chi connectivity index (χ2n) is 5.29. The van der Waals surface area contributed by atoms with Crippen LogP contribution in [0.25, 0.3) is 0 Å². The van der Waals surface area contributed by atoms with Crippen molar-refractivity contribution in [2.45, 2.75) is 27.3 Å². The first kappa shape index (κ1) is 17.3. The van der Waals surface area contributed by atoms with E-state index >= 15 is 0 Å². The fraction of sp³-hybridized carbons (Fsp3) is 0.412. The van der Waals surface area contributed by atoms with Crippen molar-refractivity contribution >= 4 is 17.3 Å². The Morgan fingerprint density at radius 2 is 1.96 bits per heavy atom. The molecule has 0 fully saturated rings. The van der Waals surface area contributed by atoms with Gasteiger partial charge in [-0.15, -0.1) is 11.3 Å². The molecule has 6 heteroatoms. The Hall–Kier alpha value is -2.08. The van der Waals surface area contributed by atoms with Crippen molar-refractivity contribution in [3.63, 3.8) is 0 Å². The number of hydrogen-bond acceptors (Lipinski definition) is 4. The maximum Gasteiger partial charge on any atom is 0.191 e. The molecule has 2 N–H and O–H groups in total. The Labute approximate surface area is 141 Å². The van der Waals surface area contributed by atoms with E-state index in [1.807, 2.05) is 12.3 Å². The first-order valence-corrected chi connectivity index (χ1v) is 8.46. The Bertz CT molecular complexity index is 646. The number of nitrogens with zero attached hydrogens (tertiary/aromatic N) is 2. The number of hydrogen-bond donors (Lipinski definition) is 2. The summed E-state index contributed by atoms with van der Waals surface area (Å²) >= 11 is 1.69. The number of aryl methyl sites for hydroxylation is 3. The van der Waals surface area contributed by atoms with Gasteiger partial charge >= 0.3 is 0 Å². The van der Waals surface area contributed by atoms with Crippen LogP contribution in [0.5, 0.6) is 5.75 Å². The molecule has 2 rings (SSSR count). The van der Waals surface area contributed by atoms with Crippen LogP contribution in [0.15, 0.2) is 29.4 Å². The monoisotopic (exact) mass is 332 g/mol. The molecule has 0 aliphatic rings. The SMILES string of the molecule is CN=C(NCCOc1c(C)cccc1C)NCc1ncc(C)s1. The fourth-order valence-electron chi connectivity index (χ4n) is 2.21. The number of ether oxygens (including phenoxy) is 1. The molecule has 0 atom stereocenters. The van der Waals surface area contributed by atoms with E-state index in [4.69, 9.17) is 4.74 Å². The highest BCUT2D eigenvalue weighted by Crippen LogP contribution is 2.21. The molecule has 5 nitrogen and oxygen atoms in total. The van der Waals surface area contributed by atoms with Crippen molar-refractivity contribution in [3.8, 4) is 5.75 Å². The van der Waals surface area contributed by atoms with E-state index < -0.39 is 0 Å². The van der Waals surface area contributed by atoms with Gasteiger partial charge in [0.1, 0.15) is 17.4 Å². The number of aromatic nitrogens is 1. The lowest BCUT2D eigenvalue weighted by molar-refractivity contribution is 0.317. The van der Waals surface area contributed by atoms with E-state index in [2.05, 4.69) is 53.5 Å². The van der Waals surface area contributed by atoms with Gasteiger partial charge in [0.2, 0.25) is 0 Å². The molecule has 124 valence electrons. The predicted molar refractivity (Wildman–Crippen MR) is 96.5 cm³/mol. The maximum atomic E-state index is 5.87. The van der Waals surface area contributed by atoms with Gasteiger partial charge in [0, 0.05) is 18.1 Å². The van der Waals surface area contributed by atoms with Crippen LogP contribution in [-0.4, -0.2) is 31.1 Å². The molecule has 0 saturated carbocycles. The van der Waals surface area contributed by atoms with Crippen molar-refractivity contribution in [2.24, 2.45) is 4.99 Å². The summed E-state index contributed by atoms with van der Waals surface area (Å²) in [5, 5.41) is 7.55. The van der Waals surface area contributed by atoms with Gasteiger partial charge in [-0.2, -0.15) is 0 Å². The third-order valence-electron chi connectivity index (χ3n) is 3.35. The van der Waals surface area contributed by atoms with E-state index in [0.29, 0.717) is 19.7 Å². The summed E-state index contributed by atoms with van der Waals surface area (Å²) in [6.07, 6.45) is 1.89. The molecule has 0 unspecified atom stereocenters. The van der Waals surface area contributed by atoms with Crippen molar-refractivity contribution in [1.29, 1.82) is 0 Å². The van der Waals surface area contributed by atoms with Crippen LogP contribution in [0.1, 0.15) is 21.0 Å². The highest BCUT2D eigenvalue weighted by Gasteiger charge is 2.04. The van der Waals surface area contributed by atoms with Gasteiger partial charge in [0.15, 0.2) is 5.96 Å². The molecule has 0 bridgehead atoms. The summed E-state index contributed by atoms with van der Waals surface area (Å²) in [5.74, 6) is 1.72. The zero-order valence-corrected chi connectivity index (χ0v) is 15.0. The molecule has 0 radical (unpaired) electrons. The third kappa shape index (κ3) is 5.25. The summed E-state index contributed by atoms with van der Waals surface area (Å²) in [5.41, 5.74) is 2.32. The molecule has 23 heavy (non-hydrogen) atoms. The molecule has 1 aromatic heterocycles. The van der Waals surface area contributed by atoms with E-state index in [1.54, 1.807) is 18.4 Å². The van der Waals surface area contributed by atoms with Crippen molar-refractivity contribution in [2.75, 3.05) is 20.2 Å². The summed E-state index contributed by atoms with van der Waals surface area (Å²) in [7, 11) is 1.76. The Morgan fingerprint density at radius 3 is 2.57 bits per heavy atom. The third-order valence-corrected chi connectivity index (χ3v) is 4.26. The molecule has 1 aromatic carbocycles. The lowest BCUT2D eigenvalue weighted by Crippen LogP contribution is -2.38. The number of aliphatic imine (C=N–C) groups is 1. The van der Waals surface area contributed by atoms with Crippen LogP contribution in [0.4, 0.5) is 0 Å². The van der Waals surface area contributed by atoms with E-state index in [1.165, 1.54) is 4.88 Å². The van der Waals surface area contributed by atoms with E-state index in [9.17, 15) is 0 Å². The fourth-order valence-corrected chi connectivity index (χ4v) is 2.94. The first-order valence-electron chi connectivity index (χ1n) is 7.65. The highest BCUT2D eigenvalue weighted by molar-refractivity contribution is 7.11. The number of thiazole rings is 1. The van der Waals surface area contributed by atoms with Crippen LogP contribution in [0, 0.1) is 20.8 Å². The van der Waals surface area contributed by atoms with Crippen molar-refractivity contribution in [3.05, 3.63) is 45.4 Å². The lowest BCUT2D eigenvalue weighted by atomic mass is 10.1. The number of guanidine groups is 1. The number of benzene rings is 1. The molecular weight excluding hydrogens is 308 g/mol. The predicted octanol–water partition coefficient (Wildman–Crippen LogP) is 2.81. The average Bonchev–Trinajstić information content (AvgIpc) is 2.94. The minimum absolute atomic E-state index is 0.586. The van der Waals surface area contributed by atoms with Gasteiger partial charge in [-0.3, -0.25) is 4.99 Å². The lowest BCUT2D eigenvalue weighted by Gasteiger charge is -2.14. The average molecular weight is 332 g/mol. The van der Waals surface area contributed by atoms with Gasteiger partial charge in [-0.1, -0.05) is 18.2 Å². The second kappa shape index (κ2) is 8.53. The van der Waals surface area contributed by atoms with Gasteiger partial charge in [0.05, 0.1) is 13.1 Å². The smallest absolute Gasteiger partial charge is 0.191 e. The van der Waals surface area contributed by atoms with Gasteiger partial charge in [-0.25, -0.2) is 4.98 Å². The van der Waals surface area contributed by atoms with Crippen LogP contribution < -0.4 is 15.4 Å². The minimum Gasteiger partial charge on any atom is -0.491 e. The van der Waals surface area contributed by atoms with E-state index in [0.717, 1.165) is 27.8 Å². The summed E-state index contributed by atoms with van der Waals surface area (Å²) in [6.45, 7) is 8.13. The minimum atomic E-state index is 0.586. The van der Waals surface area contributed by atoms with Crippen LogP contribution >= 0.6 is 11.3 Å².